The molecule has 20 heavy (non-hydrogen) atoms. The van der Waals surface area contributed by atoms with Crippen molar-refractivity contribution >= 4 is 10.0 Å². The van der Waals surface area contributed by atoms with Gasteiger partial charge in [0.15, 0.2) is 5.03 Å². The highest BCUT2D eigenvalue weighted by Crippen LogP contribution is 2.28. The highest BCUT2D eigenvalue weighted by Gasteiger charge is 2.34. The van der Waals surface area contributed by atoms with Crippen LogP contribution in [0.15, 0.2) is 11.2 Å². The van der Waals surface area contributed by atoms with E-state index in [1.807, 2.05) is 13.8 Å². The standard InChI is InChI=1S/C13H24N4O2S/c1-3-14-9-11-10-15-16-13(11)20(18,19)17(4-2)12-7-5-6-8-12/h10,12,14H,3-9H2,1-2H3,(H,15,16). The maximum absolute atomic E-state index is 12.8. The molecule has 1 saturated carbocycles. The lowest BCUT2D eigenvalue weighted by atomic mass is 10.2. The quantitative estimate of drug-likeness (QED) is 0.799. The third kappa shape index (κ3) is 3.05. The predicted molar refractivity (Wildman–Crippen MR) is 77.8 cm³/mol. The van der Waals surface area contributed by atoms with Crippen molar-refractivity contribution in [2.75, 3.05) is 13.1 Å². The van der Waals surface area contributed by atoms with Crippen LogP contribution < -0.4 is 5.32 Å². The molecule has 0 radical (unpaired) electrons. The first-order valence-corrected chi connectivity index (χ1v) is 8.80. The van der Waals surface area contributed by atoms with Gasteiger partial charge in [0.05, 0.1) is 6.20 Å². The summed E-state index contributed by atoms with van der Waals surface area (Å²) in [5.74, 6) is 0. The Balaban J connectivity index is 2.26. The number of hydrogen-bond donors (Lipinski definition) is 2. The van der Waals surface area contributed by atoms with Crippen LogP contribution in [0.5, 0.6) is 0 Å². The number of nitrogens with zero attached hydrogens (tertiary/aromatic N) is 2. The number of aromatic amines is 1. The molecule has 0 saturated heterocycles. The Bertz CT molecular complexity index is 520. The third-order valence-corrected chi connectivity index (χ3v) is 5.90. The van der Waals surface area contributed by atoms with E-state index in [1.165, 1.54) is 0 Å². The third-order valence-electron chi connectivity index (χ3n) is 3.85. The van der Waals surface area contributed by atoms with Crippen LogP contribution in [0.25, 0.3) is 0 Å². The lowest BCUT2D eigenvalue weighted by Crippen LogP contribution is -2.39. The zero-order valence-corrected chi connectivity index (χ0v) is 13.0. The van der Waals surface area contributed by atoms with Crippen molar-refractivity contribution in [1.29, 1.82) is 0 Å². The molecule has 0 spiro atoms. The van der Waals surface area contributed by atoms with Crippen LogP contribution in [0.4, 0.5) is 0 Å². The van der Waals surface area contributed by atoms with Gasteiger partial charge in [0, 0.05) is 24.7 Å². The summed E-state index contributed by atoms with van der Waals surface area (Å²) in [6, 6.07) is 0.139. The number of aromatic nitrogens is 2. The maximum atomic E-state index is 12.8. The molecule has 1 aliphatic carbocycles. The van der Waals surface area contributed by atoms with Crippen molar-refractivity contribution in [2.24, 2.45) is 0 Å². The Morgan fingerprint density at radius 1 is 1.40 bits per heavy atom. The van der Waals surface area contributed by atoms with E-state index in [0.29, 0.717) is 18.7 Å². The molecule has 1 aliphatic rings. The summed E-state index contributed by atoms with van der Waals surface area (Å²) in [4.78, 5) is 0. The van der Waals surface area contributed by atoms with Crippen molar-refractivity contribution < 1.29 is 8.42 Å². The van der Waals surface area contributed by atoms with Gasteiger partial charge in [-0.3, -0.25) is 5.10 Å². The molecular formula is C13H24N4O2S. The summed E-state index contributed by atoms with van der Waals surface area (Å²) in [7, 11) is -3.48. The monoisotopic (exact) mass is 300 g/mol. The second kappa shape index (κ2) is 6.69. The average Bonchev–Trinajstić information content (AvgIpc) is 3.08. The molecule has 1 aromatic rings. The fourth-order valence-corrected chi connectivity index (χ4v) is 4.64. The molecule has 1 fully saturated rings. The van der Waals surface area contributed by atoms with Crippen LogP contribution in [0.1, 0.15) is 45.1 Å². The Kier molecular flexibility index (Phi) is 5.17. The molecular weight excluding hydrogens is 276 g/mol. The summed E-state index contributed by atoms with van der Waals surface area (Å²) in [5, 5.41) is 9.98. The lowest BCUT2D eigenvalue weighted by molar-refractivity contribution is 0.334. The van der Waals surface area contributed by atoms with E-state index in [1.54, 1.807) is 10.5 Å². The second-order valence-electron chi connectivity index (χ2n) is 5.15. The second-order valence-corrected chi connectivity index (χ2v) is 6.98. The van der Waals surface area contributed by atoms with Crippen LogP contribution >= 0.6 is 0 Å². The molecule has 2 N–H and O–H groups in total. The van der Waals surface area contributed by atoms with Crippen molar-refractivity contribution in [3.05, 3.63) is 11.8 Å². The van der Waals surface area contributed by atoms with Gasteiger partial charge in [-0.15, -0.1) is 0 Å². The minimum Gasteiger partial charge on any atom is -0.313 e. The Hall–Kier alpha value is -0.920. The summed E-state index contributed by atoms with van der Waals surface area (Å²) in [6.07, 6.45) is 5.75. The van der Waals surface area contributed by atoms with Gasteiger partial charge in [-0.1, -0.05) is 26.7 Å². The van der Waals surface area contributed by atoms with Gasteiger partial charge in [-0.2, -0.15) is 9.40 Å². The SMILES string of the molecule is CCNCc1cn[nH]c1S(=O)(=O)N(CC)C1CCCC1. The van der Waals surface area contributed by atoms with Crippen molar-refractivity contribution in [2.45, 2.75) is 57.1 Å². The van der Waals surface area contributed by atoms with Crippen LogP contribution in [0.3, 0.4) is 0 Å². The topological polar surface area (TPSA) is 78.1 Å². The summed E-state index contributed by atoms with van der Waals surface area (Å²) < 4.78 is 27.3. The van der Waals surface area contributed by atoms with Gasteiger partial charge in [0.2, 0.25) is 0 Å². The number of nitrogens with one attached hydrogen (secondary N) is 2. The first kappa shape index (κ1) is 15.5. The van der Waals surface area contributed by atoms with Crippen LogP contribution in [0.2, 0.25) is 0 Å². The molecule has 0 aromatic carbocycles. The Labute approximate surface area is 121 Å². The minimum absolute atomic E-state index is 0.139. The molecule has 0 aliphatic heterocycles. The van der Waals surface area contributed by atoms with E-state index in [0.717, 1.165) is 32.2 Å². The summed E-state index contributed by atoms with van der Waals surface area (Å²) in [5.41, 5.74) is 0.711. The summed E-state index contributed by atoms with van der Waals surface area (Å²) >= 11 is 0. The van der Waals surface area contributed by atoms with Gasteiger partial charge in [0.25, 0.3) is 10.0 Å². The Morgan fingerprint density at radius 3 is 2.70 bits per heavy atom. The molecule has 0 atom stereocenters. The fraction of sp³-hybridized carbons (Fsp3) is 0.769. The number of hydrogen-bond acceptors (Lipinski definition) is 4. The van der Waals surface area contributed by atoms with Gasteiger partial charge in [-0.05, 0) is 19.4 Å². The van der Waals surface area contributed by atoms with Gasteiger partial charge < -0.3 is 5.32 Å². The largest absolute Gasteiger partial charge is 0.313 e. The fourth-order valence-electron chi connectivity index (χ4n) is 2.84. The van der Waals surface area contributed by atoms with Crippen molar-refractivity contribution in [3.8, 4) is 0 Å². The Morgan fingerprint density at radius 2 is 2.10 bits per heavy atom. The zero-order chi connectivity index (χ0) is 14.6. The smallest absolute Gasteiger partial charge is 0.260 e. The van der Waals surface area contributed by atoms with E-state index in [4.69, 9.17) is 0 Å². The molecule has 6 nitrogen and oxygen atoms in total. The normalized spacial score (nSPS) is 17.1. The molecule has 2 rings (SSSR count). The number of sulfonamides is 1. The first-order valence-electron chi connectivity index (χ1n) is 7.36. The van der Waals surface area contributed by atoms with Crippen LogP contribution in [-0.2, 0) is 16.6 Å². The van der Waals surface area contributed by atoms with Gasteiger partial charge in [-0.25, -0.2) is 8.42 Å². The average molecular weight is 300 g/mol. The molecule has 7 heteroatoms. The van der Waals surface area contributed by atoms with E-state index in [2.05, 4.69) is 15.5 Å². The zero-order valence-electron chi connectivity index (χ0n) is 12.2. The van der Waals surface area contributed by atoms with Crippen molar-refractivity contribution in [3.63, 3.8) is 0 Å². The number of rotatable bonds is 7. The highest BCUT2D eigenvalue weighted by atomic mass is 32.2. The predicted octanol–water partition coefficient (Wildman–Crippen LogP) is 1.47. The highest BCUT2D eigenvalue weighted by molar-refractivity contribution is 7.89. The van der Waals surface area contributed by atoms with Gasteiger partial charge >= 0.3 is 0 Å². The van der Waals surface area contributed by atoms with Crippen LogP contribution in [-0.4, -0.2) is 42.1 Å². The molecule has 0 unspecified atom stereocenters. The van der Waals surface area contributed by atoms with E-state index < -0.39 is 10.0 Å². The molecule has 1 aromatic heterocycles. The molecule has 0 amide bonds. The lowest BCUT2D eigenvalue weighted by Gasteiger charge is -2.26. The minimum atomic E-state index is -3.48. The van der Waals surface area contributed by atoms with Gasteiger partial charge in [0.1, 0.15) is 0 Å². The van der Waals surface area contributed by atoms with E-state index in [-0.39, 0.29) is 11.1 Å². The molecule has 0 bridgehead atoms. The van der Waals surface area contributed by atoms with Crippen LogP contribution in [0, 0.1) is 0 Å². The number of H-pyrrole nitrogens is 1. The van der Waals surface area contributed by atoms with Crippen molar-refractivity contribution in [1.82, 2.24) is 19.8 Å². The first-order chi connectivity index (χ1) is 9.61. The molecule has 1 heterocycles. The molecule has 114 valence electrons. The van der Waals surface area contributed by atoms with E-state index >= 15 is 0 Å². The maximum Gasteiger partial charge on any atom is 0.260 e. The van der Waals surface area contributed by atoms with E-state index in [9.17, 15) is 8.42 Å². The summed E-state index contributed by atoms with van der Waals surface area (Å²) in [6.45, 7) is 5.71.